The number of nitrogens with zero attached hydrogens (tertiary/aromatic N) is 1. The molecule has 0 saturated heterocycles. The standard InChI is InChI=1S/C26H26N2O6S/c1-32-23-9-7-20(35(30,31)28-13-11-19-4-2-3-5-22(19)28)17-21(23)26(29)27-12-10-18-6-8-24-25(16-18)34-15-14-33-24/h2-9,16-17H,10-15H2,1H3,(H,27,29). The summed E-state index contributed by atoms with van der Waals surface area (Å²) in [6.45, 7) is 1.77. The molecule has 35 heavy (non-hydrogen) atoms. The van der Waals surface area contributed by atoms with Crippen LogP contribution in [0.15, 0.2) is 65.6 Å². The minimum Gasteiger partial charge on any atom is -0.496 e. The first-order chi connectivity index (χ1) is 17.0. The smallest absolute Gasteiger partial charge is 0.264 e. The van der Waals surface area contributed by atoms with Crippen LogP contribution >= 0.6 is 0 Å². The molecule has 1 N–H and O–H groups in total. The van der Waals surface area contributed by atoms with Crippen molar-refractivity contribution >= 4 is 21.6 Å². The Balaban J connectivity index is 1.32. The molecule has 0 aromatic heterocycles. The lowest BCUT2D eigenvalue weighted by molar-refractivity contribution is 0.0951. The molecule has 0 atom stereocenters. The Labute approximate surface area is 204 Å². The topological polar surface area (TPSA) is 94.2 Å². The lowest BCUT2D eigenvalue weighted by Gasteiger charge is -2.20. The summed E-state index contributed by atoms with van der Waals surface area (Å²) >= 11 is 0. The number of para-hydroxylation sites is 1. The Morgan fingerprint density at radius 1 is 1.03 bits per heavy atom. The molecule has 0 fully saturated rings. The number of benzene rings is 3. The molecule has 2 aliphatic rings. The van der Waals surface area contributed by atoms with E-state index in [1.54, 1.807) is 6.07 Å². The van der Waals surface area contributed by atoms with Gasteiger partial charge in [0, 0.05) is 13.1 Å². The monoisotopic (exact) mass is 494 g/mol. The molecule has 0 aliphatic carbocycles. The van der Waals surface area contributed by atoms with Gasteiger partial charge in [0.1, 0.15) is 19.0 Å². The molecule has 3 aromatic rings. The third-order valence-electron chi connectivity index (χ3n) is 6.15. The van der Waals surface area contributed by atoms with Gasteiger partial charge in [0.25, 0.3) is 15.9 Å². The molecule has 1 amide bonds. The normalized spacial score (nSPS) is 14.4. The van der Waals surface area contributed by atoms with Crippen LogP contribution in [0.5, 0.6) is 17.2 Å². The lowest BCUT2D eigenvalue weighted by atomic mass is 10.1. The maximum atomic E-state index is 13.4. The predicted octanol–water partition coefficient (Wildman–Crippen LogP) is 3.19. The van der Waals surface area contributed by atoms with Crippen molar-refractivity contribution in [3.63, 3.8) is 0 Å². The first kappa shape index (κ1) is 23.0. The minimum absolute atomic E-state index is 0.0481. The fraction of sp³-hybridized carbons (Fsp3) is 0.269. The van der Waals surface area contributed by atoms with Crippen molar-refractivity contribution in [3.8, 4) is 17.2 Å². The molecule has 5 rings (SSSR count). The number of anilines is 1. The van der Waals surface area contributed by atoms with Crippen molar-refractivity contribution in [3.05, 3.63) is 77.4 Å². The van der Waals surface area contributed by atoms with Gasteiger partial charge in [-0.2, -0.15) is 0 Å². The Morgan fingerprint density at radius 2 is 1.83 bits per heavy atom. The zero-order chi connectivity index (χ0) is 24.4. The largest absolute Gasteiger partial charge is 0.496 e. The van der Waals surface area contributed by atoms with Crippen LogP contribution < -0.4 is 23.8 Å². The van der Waals surface area contributed by atoms with Gasteiger partial charge in [0.15, 0.2) is 11.5 Å². The van der Waals surface area contributed by atoms with E-state index in [0.29, 0.717) is 62.1 Å². The van der Waals surface area contributed by atoms with E-state index in [2.05, 4.69) is 5.32 Å². The summed E-state index contributed by atoms with van der Waals surface area (Å²) in [6, 6.07) is 17.5. The summed E-state index contributed by atoms with van der Waals surface area (Å²) in [5, 5.41) is 2.87. The molecule has 9 heteroatoms. The number of hydrogen-bond acceptors (Lipinski definition) is 6. The number of amides is 1. The minimum atomic E-state index is -3.83. The van der Waals surface area contributed by atoms with E-state index >= 15 is 0 Å². The van der Waals surface area contributed by atoms with E-state index in [9.17, 15) is 13.2 Å². The highest BCUT2D eigenvalue weighted by atomic mass is 32.2. The predicted molar refractivity (Wildman–Crippen MR) is 131 cm³/mol. The average molecular weight is 495 g/mol. The molecule has 0 saturated carbocycles. The number of sulfonamides is 1. The van der Waals surface area contributed by atoms with Crippen LogP contribution in [0, 0.1) is 0 Å². The maximum Gasteiger partial charge on any atom is 0.264 e. The van der Waals surface area contributed by atoms with Gasteiger partial charge in [-0.05, 0) is 60.4 Å². The second-order valence-corrected chi connectivity index (χ2v) is 10.2. The Kier molecular flexibility index (Phi) is 6.25. The third-order valence-corrected chi connectivity index (χ3v) is 7.96. The van der Waals surface area contributed by atoms with Crippen molar-refractivity contribution in [1.82, 2.24) is 5.32 Å². The molecule has 0 bridgehead atoms. The van der Waals surface area contributed by atoms with Gasteiger partial charge in [-0.25, -0.2) is 8.42 Å². The molecular weight excluding hydrogens is 468 g/mol. The number of hydrogen-bond donors (Lipinski definition) is 1. The lowest BCUT2D eigenvalue weighted by Crippen LogP contribution is -2.30. The van der Waals surface area contributed by atoms with Crippen molar-refractivity contribution in [1.29, 1.82) is 0 Å². The third kappa shape index (κ3) is 4.51. The van der Waals surface area contributed by atoms with Crippen LogP contribution in [-0.2, 0) is 22.9 Å². The first-order valence-electron chi connectivity index (χ1n) is 11.4. The van der Waals surface area contributed by atoms with Crippen molar-refractivity contribution < 1.29 is 27.4 Å². The zero-order valence-electron chi connectivity index (χ0n) is 19.3. The number of methoxy groups -OCH3 is 1. The average Bonchev–Trinajstić information content (AvgIpc) is 3.33. The highest BCUT2D eigenvalue weighted by Gasteiger charge is 2.31. The summed E-state index contributed by atoms with van der Waals surface area (Å²) in [6.07, 6.45) is 1.23. The van der Waals surface area contributed by atoms with Gasteiger partial charge in [-0.15, -0.1) is 0 Å². The van der Waals surface area contributed by atoms with Gasteiger partial charge >= 0.3 is 0 Å². The summed E-state index contributed by atoms with van der Waals surface area (Å²) < 4.78 is 44.7. The number of carbonyl (C=O) groups is 1. The number of ether oxygens (including phenoxy) is 3. The highest BCUT2D eigenvalue weighted by Crippen LogP contribution is 2.34. The van der Waals surface area contributed by atoms with Crippen molar-refractivity contribution in [2.75, 3.05) is 37.7 Å². The van der Waals surface area contributed by atoms with E-state index in [-0.39, 0.29) is 10.5 Å². The van der Waals surface area contributed by atoms with E-state index in [1.807, 2.05) is 36.4 Å². The van der Waals surface area contributed by atoms with Gasteiger partial charge in [0.05, 0.1) is 23.3 Å². The molecule has 0 unspecified atom stereocenters. The quantitative estimate of drug-likeness (QED) is 0.542. The molecule has 3 aromatic carbocycles. The summed E-state index contributed by atoms with van der Waals surface area (Å²) in [5.41, 5.74) is 2.82. The van der Waals surface area contributed by atoms with Crippen LogP contribution in [0.1, 0.15) is 21.5 Å². The molecule has 0 radical (unpaired) electrons. The molecule has 8 nitrogen and oxygen atoms in total. The molecular formula is C26H26N2O6S. The van der Waals surface area contributed by atoms with Crippen molar-refractivity contribution in [2.24, 2.45) is 0 Å². The van der Waals surface area contributed by atoms with E-state index < -0.39 is 15.9 Å². The van der Waals surface area contributed by atoms with E-state index in [4.69, 9.17) is 14.2 Å². The molecule has 2 heterocycles. The second-order valence-electron chi connectivity index (χ2n) is 8.30. The maximum absolute atomic E-state index is 13.4. The number of nitrogens with one attached hydrogen (secondary N) is 1. The fourth-order valence-corrected chi connectivity index (χ4v) is 5.90. The zero-order valence-corrected chi connectivity index (χ0v) is 20.1. The molecule has 2 aliphatic heterocycles. The molecule has 0 spiro atoms. The number of fused-ring (bicyclic) bond motifs is 2. The van der Waals surface area contributed by atoms with E-state index in [0.717, 1.165) is 11.1 Å². The summed E-state index contributed by atoms with van der Waals surface area (Å²) in [5.74, 6) is 1.32. The first-order valence-corrected chi connectivity index (χ1v) is 12.9. The van der Waals surface area contributed by atoms with Crippen LogP contribution in [0.4, 0.5) is 5.69 Å². The fourth-order valence-electron chi connectivity index (χ4n) is 4.37. The Bertz CT molecular complexity index is 1370. The highest BCUT2D eigenvalue weighted by molar-refractivity contribution is 7.92. The van der Waals surface area contributed by atoms with Gasteiger partial charge in [0.2, 0.25) is 0 Å². The Morgan fingerprint density at radius 3 is 2.66 bits per heavy atom. The van der Waals surface area contributed by atoms with Crippen LogP contribution in [-0.4, -0.2) is 47.7 Å². The van der Waals surface area contributed by atoms with E-state index in [1.165, 1.54) is 29.6 Å². The summed E-state index contributed by atoms with van der Waals surface area (Å²) in [7, 11) is -2.38. The van der Waals surface area contributed by atoms with Crippen LogP contribution in [0.2, 0.25) is 0 Å². The second kappa shape index (κ2) is 9.50. The van der Waals surface area contributed by atoms with Crippen LogP contribution in [0.25, 0.3) is 0 Å². The number of rotatable bonds is 7. The summed E-state index contributed by atoms with van der Waals surface area (Å²) in [4.78, 5) is 13.1. The van der Waals surface area contributed by atoms with Gasteiger partial charge in [-0.1, -0.05) is 24.3 Å². The van der Waals surface area contributed by atoms with Gasteiger partial charge in [-0.3, -0.25) is 9.10 Å². The Hall–Kier alpha value is -3.72. The van der Waals surface area contributed by atoms with Gasteiger partial charge < -0.3 is 19.5 Å². The molecule has 182 valence electrons. The number of carbonyl (C=O) groups excluding carboxylic acids is 1. The van der Waals surface area contributed by atoms with Crippen LogP contribution in [0.3, 0.4) is 0 Å². The van der Waals surface area contributed by atoms with Crippen molar-refractivity contribution in [2.45, 2.75) is 17.7 Å². The SMILES string of the molecule is COc1ccc(S(=O)(=O)N2CCc3ccccc32)cc1C(=O)NCCc1ccc2c(c1)OCCO2.